The zero-order chi connectivity index (χ0) is 15.5. The van der Waals surface area contributed by atoms with Gasteiger partial charge in [-0.1, -0.05) is 36.4 Å². The van der Waals surface area contributed by atoms with Crippen LogP contribution in [0.1, 0.15) is 22.8 Å². The summed E-state index contributed by atoms with van der Waals surface area (Å²) in [6.07, 6.45) is 0. The number of benzene rings is 2. The molecule has 1 unspecified atom stereocenters. The van der Waals surface area contributed by atoms with Crippen molar-refractivity contribution in [3.63, 3.8) is 0 Å². The van der Waals surface area contributed by atoms with Gasteiger partial charge in [-0.05, 0) is 24.6 Å². The average molecular weight is 289 g/mol. The molecule has 0 aliphatic rings. The second-order valence-corrected chi connectivity index (χ2v) is 4.95. The number of anilines is 1. The quantitative estimate of drug-likeness (QED) is 0.791. The van der Waals surface area contributed by atoms with Crippen molar-refractivity contribution in [1.82, 2.24) is 0 Å². The van der Waals surface area contributed by atoms with Crippen molar-refractivity contribution >= 4 is 11.7 Å². The predicted octanol–water partition coefficient (Wildman–Crippen LogP) is 2.84. The Kier molecular flexibility index (Phi) is 4.23. The van der Waals surface area contributed by atoms with Gasteiger partial charge in [0.2, 0.25) is 0 Å². The number of carbonyl (C=O) groups is 1. The molecule has 0 spiro atoms. The maximum Gasteiger partial charge on any atom is 0.337 e. The lowest BCUT2D eigenvalue weighted by Crippen LogP contribution is -2.36. The number of aromatic carboxylic acids is 1. The SMILES string of the molecule is CC(CO)(Nc1c(F)cccc1C(=O)O)c1ccccc1. The van der Waals surface area contributed by atoms with E-state index >= 15 is 0 Å². The van der Waals surface area contributed by atoms with Gasteiger partial charge in [-0.2, -0.15) is 0 Å². The van der Waals surface area contributed by atoms with Gasteiger partial charge in [-0.3, -0.25) is 0 Å². The minimum absolute atomic E-state index is 0.134. The number of aliphatic hydroxyl groups is 1. The first-order valence-electron chi connectivity index (χ1n) is 6.44. The zero-order valence-electron chi connectivity index (χ0n) is 11.5. The van der Waals surface area contributed by atoms with Crippen LogP contribution < -0.4 is 5.32 Å². The van der Waals surface area contributed by atoms with Crippen LogP contribution in [0.25, 0.3) is 0 Å². The highest BCUT2D eigenvalue weighted by atomic mass is 19.1. The second-order valence-electron chi connectivity index (χ2n) is 4.95. The second kappa shape index (κ2) is 5.93. The van der Waals surface area contributed by atoms with Crippen LogP contribution in [0.4, 0.5) is 10.1 Å². The van der Waals surface area contributed by atoms with Crippen molar-refractivity contribution in [3.05, 3.63) is 65.5 Å². The van der Waals surface area contributed by atoms with E-state index < -0.39 is 17.3 Å². The van der Waals surface area contributed by atoms with Crippen LogP contribution in [0.2, 0.25) is 0 Å². The first-order chi connectivity index (χ1) is 9.98. The number of aliphatic hydroxyl groups excluding tert-OH is 1. The molecular weight excluding hydrogens is 273 g/mol. The van der Waals surface area contributed by atoms with Crippen molar-refractivity contribution in [3.8, 4) is 0 Å². The summed E-state index contributed by atoms with van der Waals surface area (Å²) < 4.78 is 14.0. The maximum absolute atomic E-state index is 14.0. The Labute approximate surface area is 121 Å². The summed E-state index contributed by atoms with van der Waals surface area (Å²) in [6.45, 7) is 1.37. The number of hydrogen-bond donors (Lipinski definition) is 3. The molecule has 2 aromatic carbocycles. The number of nitrogens with one attached hydrogen (secondary N) is 1. The lowest BCUT2D eigenvalue weighted by atomic mass is 9.92. The summed E-state index contributed by atoms with van der Waals surface area (Å²) in [4.78, 5) is 11.2. The Balaban J connectivity index is 2.47. The highest BCUT2D eigenvalue weighted by molar-refractivity contribution is 5.94. The van der Waals surface area contributed by atoms with Gasteiger partial charge in [-0.15, -0.1) is 0 Å². The highest BCUT2D eigenvalue weighted by Crippen LogP contribution is 2.29. The lowest BCUT2D eigenvalue weighted by molar-refractivity contribution is 0.0697. The molecule has 5 heteroatoms. The van der Waals surface area contributed by atoms with E-state index in [1.165, 1.54) is 18.2 Å². The van der Waals surface area contributed by atoms with E-state index in [2.05, 4.69) is 5.32 Å². The monoisotopic (exact) mass is 289 g/mol. The predicted molar refractivity (Wildman–Crippen MR) is 77.9 cm³/mol. The maximum atomic E-state index is 14.0. The van der Waals surface area contributed by atoms with E-state index in [1.54, 1.807) is 31.2 Å². The van der Waals surface area contributed by atoms with Crippen LogP contribution in [0, 0.1) is 5.82 Å². The van der Waals surface area contributed by atoms with Crippen molar-refractivity contribution in [2.45, 2.75) is 12.5 Å². The van der Waals surface area contributed by atoms with Crippen LogP contribution >= 0.6 is 0 Å². The van der Waals surface area contributed by atoms with Gasteiger partial charge in [0, 0.05) is 0 Å². The normalized spacial score (nSPS) is 13.5. The molecule has 0 heterocycles. The van der Waals surface area contributed by atoms with Gasteiger partial charge in [0.1, 0.15) is 5.82 Å². The summed E-state index contributed by atoms with van der Waals surface area (Å²) in [7, 11) is 0. The van der Waals surface area contributed by atoms with Crippen molar-refractivity contribution in [2.75, 3.05) is 11.9 Å². The summed E-state index contributed by atoms with van der Waals surface area (Å²) in [5.74, 6) is -1.91. The summed E-state index contributed by atoms with van der Waals surface area (Å²) >= 11 is 0. The third-order valence-corrected chi connectivity index (χ3v) is 3.37. The largest absolute Gasteiger partial charge is 0.478 e. The number of carboxylic acid groups (broad SMARTS) is 1. The molecule has 0 amide bonds. The first-order valence-corrected chi connectivity index (χ1v) is 6.44. The van der Waals surface area contributed by atoms with Gasteiger partial charge in [0.15, 0.2) is 0 Å². The van der Waals surface area contributed by atoms with E-state index in [0.29, 0.717) is 0 Å². The molecule has 2 rings (SSSR count). The van der Waals surface area contributed by atoms with Gasteiger partial charge in [-0.25, -0.2) is 9.18 Å². The number of halogens is 1. The molecule has 0 fully saturated rings. The van der Waals surface area contributed by atoms with Gasteiger partial charge in [0.05, 0.1) is 23.4 Å². The molecule has 0 aliphatic carbocycles. The molecule has 0 saturated carbocycles. The molecule has 0 aliphatic heterocycles. The Morgan fingerprint density at radius 2 is 1.86 bits per heavy atom. The van der Waals surface area contributed by atoms with Crippen LogP contribution in [0.15, 0.2) is 48.5 Å². The van der Waals surface area contributed by atoms with Crippen molar-refractivity contribution < 1.29 is 19.4 Å². The number of para-hydroxylation sites is 1. The molecule has 21 heavy (non-hydrogen) atoms. The molecule has 0 bridgehead atoms. The average Bonchev–Trinajstić information content (AvgIpc) is 2.49. The lowest BCUT2D eigenvalue weighted by Gasteiger charge is -2.31. The van der Waals surface area contributed by atoms with Crippen molar-refractivity contribution in [1.29, 1.82) is 0 Å². The fourth-order valence-corrected chi connectivity index (χ4v) is 2.11. The molecule has 2 aromatic rings. The molecule has 110 valence electrons. The molecule has 1 atom stereocenters. The number of hydrogen-bond acceptors (Lipinski definition) is 3. The first kappa shape index (κ1) is 15.0. The van der Waals surface area contributed by atoms with E-state index in [1.807, 2.05) is 6.07 Å². The summed E-state index contributed by atoms with van der Waals surface area (Å²) in [5, 5.41) is 21.7. The summed E-state index contributed by atoms with van der Waals surface area (Å²) in [6, 6.07) is 12.8. The highest BCUT2D eigenvalue weighted by Gasteiger charge is 2.28. The standard InChI is InChI=1S/C16H16FNO3/c1-16(10-19,11-6-3-2-4-7-11)18-14-12(15(20)21)8-5-9-13(14)17/h2-9,18-19H,10H2,1H3,(H,20,21). The Morgan fingerprint density at radius 3 is 2.43 bits per heavy atom. The minimum Gasteiger partial charge on any atom is -0.478 e. The molecule has 0 saturated heterocycles. The number of carboxylic acids is 1. The van der Waals surface area contributed by atoms with Crippen LogP contribution in [0.5, 0.6) is 0 Å². The summed E-state index contributed by atoms with van der Waals surface area (Å²) in [5.41, 5.74) is -0.573. The molecule has 0 aromatic heterocycles. The fraction of sp³-hybridized carbons (Fsp3) is 0.188. The number of rotatable bonds is 5. The zero-order valence-corrected chi connectivity index (χ0v) is 11.5. The third-order valence-electron chi connectivity index (χ3n) is 3.37. The smallest absolute Gasteiger partial charge is 0.337 e. The topological polar surface area (TPSA) is 69.6 Å². The van der Waals surface area contributed by atoms with Crippen LogP contribution in [-0.2, 0) is 5.54 Å². The Bertz CT molecular complexity index is 645. The van der Waals surface area contributed by atoms with Crippen LogP contribution in [-0.4, -0.2) is 22.8 Å². The Morgan fingerprint density at radius 1 is 1.19 bits per heavy atom. The fourth-order valence-electron chi connectivity index (χ4n) is 2.11. The van der Waals surface area contributed by atoms with E-state index in [4.69, 9.17) is 5.11 Å². The van der Waals surface area contributed by atoms with Gasteiger partial charge in [0.25, 0.3) is 0 Å². The molecule has 4 nitrogen and oxygen atoms in total. The van der Waals surface area contributed by atoms with Gasteiger partial charge < -0.3 is 15.5 Å². The van der Waals surface area contributed by atoms with Crippen molar-refractivity contribution in [2.24, 2.45) is 0 Å². The van der Waals surface area contributed by atoms with Crippen LogP contribution in [0.3, 0.4) is 0 Å². The van der Waals surface area contributed by atoms with E-state index in [-0.39, 0.29) is 17.9 Å². The van der Waals surface area contributed by atoms with E-state index in [0.717, 1.165) is 5.56 Å². The Hall–Kier alpha value is -2.40. The molecule has 0 radical (unpaired) electrons. The molecule has 3 N–H and O–H groups in total. The molecular formula is C16H16FNO3. The van der Waals surface area contributed by atoms with Gasteiger partial charge >= 0.3 is 5.97 Å². The van der Waals surface area contributed by atoms with E-state index in [9.17, 15) is 14.3 Å². The third kappa shape index (κ3) is 3.03. The minimum atomic E-state index is -1.23.